The molecule has 1 N–H and O–H groups in total. The van der Waals surface area contributed by atoms with Crippen LogP contribution in [0, 0.1) is 5.92 Å². The Morgan fingerprint density at radius 2 is 1.87 bits per heavy atom. The quantitative estimate of drug-likeness (QED) is 0.728. The van der Waals surface area contributed by atoms with Crippen molar-refractivity contribution in [3.8, 4) is 0 Å². The Bertz CT molecular complexity index is 256. The van der Waals surface area contributed by atoms with Crippen LogP contribution in [-0.2, 0) is 11.3 Å². The van der Waals surface area contributed by atoms with Crippen molar-refractivity contribution in [3.05, 3.63) is 35.9 Å². The molecule has 0 radical (unpaired) electrons. The molecule has 0 aliphatic heterocycles. The topological polar surface area (TPSA) is 29.5 Å². The summed E-state index contributed by atoms with van der Waals surface area (Å²) in [5, 5.41) is 9.28. The predicted molar refractivity (Wildman–Crippen MR) is 61.6 cm³/mol. The predicted octanol–water partition coefficient (Wildman–Crippen LogP) is 2.61. The first kappa shape index (κ1) is 12.2. The number of rotatable bonds is 6. The zero-order valence-electron chi connectivity index (χ0n) is 9.52. The minimum absolute atomic E-state index is 0.245. The van der Waals surface area contributed by atoms with E-state index in [1.807, 2.05) is 32.0 Å². The molecule has 0 bridgehead atoms. The first-order valence-electron chi connectivity index (χ1n) is 5.50. The van der Waals surface area contributed by atoms with Crippen LogP contribution < -0.4 is 0 Å². The Morgan fingerprint density at radius 1 is 1.20 bits per heavy atom. The first-order chi connectivity index (χ1) is 7.20. The molecular weight excluding hydrogens is 188 g/mol. The molecule has 2 nitrogen and oxygen atoms in total. The van der Waals surface area contributed by atoms with E-state index in [-0.39, 0.29) is 6.10 Å². The van der Waals surface area contributed by atoms with E-state index in [1.54, 1.807) is 0 Å². The molecule has 0 aromatic heterocycles. The van der Waals surface area contributed by atoms with Crippen molar-refractivity contribution in [2.24, 2.45) is 5.92 Å². The molecular formula is C13H20O2. The lowest BCUT2D eigenvalue weighted by molar-refractivity contribution is 0.0742. The number of aliphatic hydroxyl groups excluding tert-OH is 1. The number of ether oxygens (including phenoxy) is 1. The summed E-state index contributed by atoms with van der Waals surface area (Å²) in [6.07, 6.45) is 0.662. The molecule has 0 aliphatic rings. The van der Waals surface area contributed by atoms with Crippen LogP contribution in [0.3, 0.4) is 0 Å². The van der Waals surface area contributed by atoms with Crippen molar-refractivity contribution in [1.29, 1.82) is 0 Å². The van der Waals surface area contributed by atoms with E-state index in [0.29, 0.717) is 19.1 Å². The Labute approximate surface area is 91.9 Å². The fourth-order valence-electron chi connectivity index (χ4n) is 1.27. The lowest BCUT2D eigenvalue weighted by atomic mass is 10.0. The summed E-state index contributed by atoms with van der Waals surface area (Å²) in [6.45, 7) is 5.23. The smallest absolute Gasteiger partial charge is 0.0716 e. The van der Waals surface area contributed by atoms with Crippen LogP contribution in [0.25, 0.3) is 0 Å². The van der Waals surface area contributed by atoms with Crippen LogP contribution in [-0.4, -0.2) is 17.8 Å². The third kappa shape index (κ3) is 4.96. The number of hydrogen-bond donors (Lipinski definition) is 1. The van der Waals surface area contributed by atoms with Crippen LogP contribution in [0.1, 0.15) is 25.8 Å². The molecule has 1 aromatic carbocycles. The molecule has 0 saturated heterocycles. The monoisotopic (exact) mass is 208 g/mol. The van der Waals surface area contributed by atoms with E-state index < -0.39 is 0 Å². The second kappa shape index (κ2) is 6.59. The van der Waals surface area contributed by atoms with Crippen molar-refractivity contribution >= 4 is 0 Å². The molecule has 1 rings (SSSR count). The van der Waals surface area contributed by atoms with Crippen molar-refractivity contribution in [1.82, 2.24) is 0 Å². The van der Waals surface area contributed by atoms with Crippen molar-refractivity contribution < 1.29 is 9.84 Å². The second-order valence-corrected chi connectivity index (χ2v) is 4.04. The van der Waals surface area contributed by atoms with E-state index in [2.05, 4.69) is 12.1 Å². The molecule has 1 aromatic rings. The van der Waals surface area contributed by atoms with Gasteiger partial charge in [0.15, 0.2) is 0 Å². The summed E-state index contributed by atoms with van der Waals surface area (Å²) in [7, 11) is 0. The summed E-state index contributed by atoms with van der Waals surface area (Å²) in [4.78, 5) is 0. The molecule has 1 unspecified atom stereocenters. The summed E-state index contributed by atoms with van der Waals surface area (Å²) < 4.78 is 5.53. The molecule has 0 heterocycles. The molecule has 0 spiro atoms. The third-order valence-electron chi connectivity index (χ3n) is 2.65. The largest absolute Gasteiger partial charge is 0.393 e. The van der Waals surface area contributed by atoms with Gasteiger partial charge in [-0.1, -0.05) is 37.3 Å². The van der Waals surface area contributed by atoms with Crippen LogP contribution in [0.4, 0.5) is 0 Å². The van der Waals surface area contributed by atoms with Crippen LogP contribution in [0.15, 0.2) is 30.3 Å². The molecule has 15 heavy (non-hydrogen) atoms. The molecule has 84 valence electrons. The lowest BCUT2D eigenvalue weighted by Crippen LogP contribution is -2.15. The first-order valence-corrected chi connectivity index (χ1v) is 5.50. The van der Waals surface area contributed by atoms with E-state index >= 15 is 0 Å². The van der Waals surface area contributed by atoms with Gasteiger partial charge in [-0.3, -0.25) is 0 Å². The summed E-state index contributed by atoms with van der Waals surface area (Å²) in [6, 6.07) is 10.1. The van der Waals surface area contributed by atoms with Gasteiger partial charge in [0.05, 0.1) is 12.7 Å². The summed E-state index contributed by atoms with van der Waals surface area (Å²) in [5.74, 6) is 0.306. The lowest BCUT2D eigenvalue weighted by Gasteiger charge is -2.14. The van der Waals surface area contributed by atoms with Gasteiger partial charge in [-0.05, 0) is 24.8 Å². The average Bonchev–Trinajstić information content (AvgIpc) is 2.25. The fourth-order valence-corrected chi connectivity index (χ4v) is 1.27. The van der Waals surface area contributed by atoms with Crippen LogP contribution in [0.5, 0.6) is 0 Å². The van der Waals surface area contributed by atoms with E-state index in [9.17, 15) is 5.11 Å². The van der Waals surface area contributed by atoms with Crippen LogP contribution >= 0.6 is 0 Å². The normalized spacial score (nSPS) is 14.9. The molecule has 0 aliphatic carbocycles. The second-order valence-electron chi connectivity index (χ2n) is 4.04. The Hall–Kier alpha value is -0.860. The zero-order valence-corrected chi connectivity index (χ0v) is 9.52. The Balaban J connectivity index is 2.12. The zero-order chi connectivity index (χ0) is 11.1. The van der Waals surface area contributed by atoms with Crippen molar-refractivity contribution in [2.75, 3.05) is 6.61 Å². The van der Waals surface area contributed by atoms with Gasteiger partial charge in [-0.25, -0.2) is 0 Å². The van der Waals surface area contributed by atoms with Crippen molar-refractivity contribution in [2.45, 2.75) is 33.0 Å². The van der Waals surface area contributed by atoms with Gasteiger partial charge in [-0.15, -0.1) is 0 Å². The fraction of sp³-hybridized carbons (Fsp3) is 0.538. The highest BCUT2D eigenvalue weighted by Gasteiger charge is 2.07. The van der Waals surface area contributed by atoms with Crippen LogP contribution in [0.2, 0.25) is 0 Å². The minimum Gasteiger partial charge on any atom is -0.393 e. The van der Waals surface area contributed by atoms with E-state index in [4.69, 9.17) is 4.74 Å². The Kier molecular flexibility index (Phi) is 5.37. The molecule has 0 amide bonds. The van der Waals surface area contributed by atoms with Gasteiger partial charge in [-0.2, -0.15) is 0 Å². The molecule has 0 fully saturated rings. The van der Waals surface area contributed by atoms with Gasteiger partial charge in [0.1, 0.15) is 0 Å². The highest BCUT2D eigenvalue weighted by atomic mass is 16.5. The molecule has 2 heteroatoms. The maximum Gasteiger partial charge on any atom is 0.0716 e. The highest BCUT2D eigenvalue weighted by Crippen LogP contribution is 2.08. The summed E-state index contributed by atoms with van der Waals surface area (Å²) >= 11 is 0. The number of hydrogen-bond acceptors (Lipinski definition) is 2. The maximum atomic E-state index is 9.28. The Morgan fingerprint density at radius 3 is 2.47 bits per heavy atom. The van der Waals surface area contributed by atoms with E-state index in [1.165, 1.54) is 5.56 Å². The third-order valence-corrected chi connectivity index (χ3v) is 2.65. The number of aliphatic hydroxyl groups is 1. The average molecular weight is 208 g/mol. The summed E-state index contributed by atoms with van der Waals surface area (Å²) in [5.41, 5.74) is 1.20. The highest BCUT2D eigenvalue weighted by molar-refractivity contribution is 5.13. The van der Waals surface area contributed by atoms with Crippen molar-refractivity contribution in [3.63, 3.8) is 0 Å². The number of benzene rings is 1. The minimum atomic E-state index is -0.245. The SMILES string of the molecule is CC(O)[C@@H](C)CCOCc1ccccc1. The standard InChI is InChI=1S/C13H20O2/c1-11(12(2)14)8-9-15-10-13-6-4-3-5-7-13/h3-7,11-12,14H,8-10H2,1-2H3/t11-,12?/m0/s1. The van der Waals surface area contributed by atoms with Gasteiger partial charge >= 0.3 is 0 Å². The molecule has 2 atom stereocenters. The van der Waals surface area contributed by atoms with Gasteiger partial charge in [0.25, 0.3) is 0 Å². The molecule has 0 saturated carbocycles. The van der Waals surface area contributed by atoms with Gasteiger partial charge in [0.2, 0.25) is 0 Å². The maximum absolute atomic E-state index is 9.28. The van der Waals surface area contributed by atoms with E-state index in [0.717, 1.165) is 6.42 Å². The van der Waals surface area contributed by atoms with Gasteiger partial charge in [0, 0.05) is 6.61 Å². The van der Waals surface area contributed by atoms with Gasteiger partial charge < -0.3 is 9.84 Å².